The fraction of sp³-hybridized carbons (Fsp3) is 0.364. The molecule has 1 saturated heterocycles. The van der Waals surface area contributed by atoms with Crippen molar-refractivity contribution in [2.24, 2.45) is 11.8 Å². The number of carboxylic acids is 1. The van der Waals surface area contributed by atoms with E-state index in [2.05, 4.69) is 0 Å². The Morgan fingerprint density at radius 2 is 1.84 bits per heavy atom. The summed E-state index contributed by atoms with van der Waals surface area (Å²) in [6.45, 7) is 3.00. The molecule has 0 saturated carbocycles. The molecule has 32 heavy (non-hydrogen) atoms. The molecule has 0 spiro atoms. The first-order valence-corrected chi connectivity index (χ1v) is 11.8. The third-order valence-corrected chi connectivity index (χ3v) is 7.38. The summed E-state index contributed by atoms with van der Waals surface area (Å²) in [4.78, 5) is 25.6. The van der Waals surface area contributed by atoms with Crippen LogP contribution in [-0.4, -0.2) is 55.2 Å². The molecule has 0 aliphatic carbocycles. The number of carbonyl (C=O) groups is 2. The summed E-state index contributed by atoms with van der Waals surface area (Å²) in [6.07, 6.45) is 0.120. The van der Waals surface area contributed by atoms with E-state index in [0.29, 0.717) is 16.6 Å². The molecule has 0 unspecified atom stereocenters. The first-order chi connectivity index (χ1) is 14.5. The Bertz CT molecular complexity index is 1220. The van der Waals surface area contributed by atoms with E-state index < -0.39 is 45.9 Å². The van der Waals surface area contributed by atoms with Crippen molar-refractivity contribution in [3.63, 3.8) is 0 Å². The minimum Gasteiger partial charge on any atom is -0.543 e. The van der Waals surface area contributed by atoms with Crippen LogP contribution >= 0.6 is 0 Å². The molecule has 4 atom stereocenters. The Kier molecular flexibility index (Phi) is 6.80. The van der Waals surface area contributed by atoms with E-state index in [4.69, 9.17) is 0 Å². The summed E-state index contributed by atoms with van der Waals surface area (Å²) < 4.78 is 26.7. The van der Waals surface area contributed by atoms with Crippen molar-refractivity contribution in [2.75, 3.05) is 17.1 Å². The second kappa shape index (κ2) is 8.79. The molecular weight excluding hydrogens is 443 g/mol. The molecule has 2 heterocycles. The van der Waals surface area contributed by atoms with E-state index in [1.807, 2.05) is 18.2 Å². The second-order valence-electron chi connectivity index (χ2n) is 8.18. The van der Waals surface area contributed by atoms with Gasteiger partial charge in [0.15, 0.2) is 0 Å². The molecule has 10 heteroatoms. The van der Waals surface area contributed by atoms with E-state index in [9.17, 15) is 28.2 Å². The number of sulfonamides is 1. The van der Waals surface area contributed by atoms with Gasteiger partial charge in [0.05, 0.1) is 48.2 Å². The molecule has 2 aliphatic rings. The van der Waals surface area contributed by atoms with Gasteiger partial charge in [0.1, 0.15) is 0 Å². The van der Waals surface area contributed by atoms with Gasteiger partial charge in [-0.3, -0.25) is 9.10 Å². The minimum atomic E-state index is -3.79. The van der Waals surface area contributed by atoms with Gasteiger partial charge >= 0.3 is 29.6 Å². The summed E-state index contributed by atoms with van der Waals surface area (Å²) in [7, 11) is -3.79. The van der Waals surface area contributed by atoms with Crippen LogP contribution in [0.2, 0.25) is 0 Å². The van der Waals surface area contributed by atoms with Crippen molar-refractivity contribution in [1.82, 2.24) is 4.90 Å². The van der Waals surface area contributed by atoms with Crippen molar-refractivity contribution in [2.45, 2.75) is 26.0 Å². The van der Waals surface area contributed by atoms with Crippen LogP contribution in [0.5, 0.6) is 0 Å². The van der Waals surface area contributed by atoms with E-state index in [1.54, 1.807) is 31.2 Å². The Morgan fingerprint density at radius 1 is 1.22 bits per heavy atom. The number of hydrogen-bond donors (Lipinski definition) is 1. The zero-order valence-corrected chi connectivity index (χ0v) is 21.2. The Morgan fingerprint density at radius 3 is 2.44 bits per heavy atom. The van der Waals surface area contributed by atoms with Gasteiger partial charge in [0, 0.05) is 11.3 Å². The number of carbonyl (C=O) groups excluding carboxylic acids is 2. The average molecular weight is 466 g/mol. The number of amides is 1. The first-order valence-electron chi connectivity index (χ1n) is 9.95. The van der Waals surface area contributed by atoms with E-state index in [0.717, 1.165) is 20.8 Å². The zero-order valence-electron chi connectivity index (χ0n) is 18.3. The van der Waals surface area contributed by atoms with Gasteiger partial charge < -0.3 is 19.9 Å². The molecule has 1 N–H and O–H groups in total. The number of anilines is 1. The molecular formula is C22H23N2NaO6S. The van der Waals surface area contributed by atoms with E-state index in [-0.39, 0.29) is 41.8 Å². The number of rotatable bonds is 6. The van der Waals surface area contributed by atoms with Crippen molar-refractivity contribution >= 4 is 38.4 Å². The van der Waals surface area contributed by atoms with Crippen LogP contribution in [0.4, 0.5) is 5.69 Å². The number of hydrogen-bond acceptors (Lipinski definition) is 6. The molecule has 2 aliphatic heterocycles. The molecule has 1 fully saturated rings. The van der Waals surface area contributed by atoms with Crippen LogP contribution in [0.3, 0.4) is 0 Å². The normalized spacial score (nSPS) is 23.4. The van der Waals surface area contributed by atoms with Crippen LogP contribution in [0.15, 0.2) is 53.7 Å². The van der Waals surface area contributed by atoms with Gasteiger partial charge in [-0.1, -0.05) is 43.3 Å². The van der Waals surface area contributed by atoms with Gasteiger partial charge in [0.25, 0.3) is 0 Å². The fourth-order valence-electron chi connectivity index (χ4n) is 4.80. The van der Waals surface area contributed by atoms with Gasteiger partial charge in [-0.2, -0.15) is 0 Å². The largest absolute Gasteiger partial charge is 1.00 e. The zero-order chi connectivity index (χ0) is 22.7. The van der Waals surface area contributed by atoms with E-state index >= 15 is 0 Å². The topological polar surface area (TPSA) is 118 Å². The maximum atomic E-state index is 12.8. The van der Waals surface area contributed by atoms with Crippen LogP contribution in [0.1, 0.15) is 13.8 Å². The number of fused-ring (bicyclic) bond motifs is 2. The summed E-state index contributed by atoms with van der Waals surface area (Å²) in [5, 5.41) is 23.5. The maximum absolute atomic E-state index is 12.8. The van der Waals surface area contributed by atoms with Crippen LogP contribution in [0.25, 0.3) is 10.8 Å². The van der Waals surface area contributed by atoms with Gasteiger partial charge in [-0.25, -0.2) is 8.42 Å². The Balaban J connectivity index is 0.00000289. The van der Waals surface area contributed by atoms with Crippen molar-refractivity contribution < 1.29 is 57.8 Å². The molecule has 8 nitrogen and oxygen atoms in total. The van der Waals surface area contributed by atoms with E-state index in [1.165, 1.54) is 6.92 Å². The number of aliphatic hydroxyl groups excluding tert-OH is 1. The first kappa shape index (κ1) is 24.7. The third-order valence-electron chi connectivity index (χ3n) is 6.26. The number of nitrogens with zero attached hydrogens (tertiary/aromatic N) is 2. The quantitative estimate of drug-likeness (QED) is 0.371. The molecule has 1 amide bonds. The second-order valence-corrected chi connectivity index (χ2v) is 10.1. The fourth-order valence-corrected chi connectivity index (χ4v) is 5.69. The Labute approximate surface area is 208 Å². The maximum Gasteiger partial charge on any atom is 1.00 e. The van der Waals surface area contributed by atoms with Gasteiger partial charge in [0.2, 0.25) is 15.9 Å². The monoisotopic (exact) mass is 466 g/mol. The summed E-state index contributed by atoms with van der Waals surface area (Å²) in [5.41, 5.74) is 0.416. The van der Waals surface area contributed by atoms with Crippen LogP contribution in [-0.2, 0) is 19.6 Å². The number of benzene rings is 2. The van der Waals surface area contributed by atoms with Crippen molar-refractivity contribution in [1.29, 1.82) is 0 Å². The molecule has 4 rings (SSSR count). The molecule has 2 aromatic carbocycles. The summed E-state index contributed by atoms with van der Waals surface area (Å²) in [5.74, 6) is -3.21. The van der Waals surface area contributed by atoms with Gasteiger partial charge in [-0.05, 0) is 23.9 Å². The third kappa shape index (κ3) is 3.86. The predicted octanol–water partition coefficient (Wildman–Crippen LogP) is -2.53. The minimum absolute atomic E-state index is 0. The number of aliphatic carboxylic acids is 1. The molecule has 0 bridgehead atoms. The molecule has 2 aromatic rings. The van der Waals surface area contributed by atoms with Crippen molar-refractivity contribution in [3.8, 4) is 0 Å². The van der Waals surface area contributed by atoms with Crippen LogP contribution in [0, 0.1) is 11.8 Å². The number of carboxylic acid groups (broad SMARTS) is 1. The van der Waals surface area contributed by atoms with Crippen LogP contribution < -0.4 is 39.0 Å². The van der Waals surface area contributed by atoms with Crippen molar-refractivity contribution in [3.05, 3.63) is 53.7 Å². The number of β-lactam (4-membered cyclic amide) rings is 1. The molecule has 0 radical (unpaired) electrons. The smallest absolute Gasteiger partial charge is 0.543 e. The standard InChI is InChI=1S/C22H24N2O6S.Na/c1-12-16(20(22(27)28)24-19(12)18(13(2)25)21(24)26)11-23(31(3,29)30)17-10-6-8-14-7-4-5-9-15(14)17;/h4-10,12-13,18-19,25H,11H2,1-3H3,(H,27,28);/q;+1/p-1/t12-,13+,18+,19+;/m0./s1. The Hall–Kier alpha value is -1.91. The number of aliphatic hydroxyl groups is 1. The molecule has 164 valence electrons. The summed E-state index contributed by atoms with van der Waals surface area (Å²) >= 11 is 0. The predicted molar refractivity (Wildman–Crippen MR) is 113 cm³/mol. The van der Waals surface area contributed by atoms with Gasteiger partial charge in [-0.15, -0.1) is 0 Å². The summed E-state index contributed by atoms with van der Waals surface area (Å²) in [6, 6.07) is 12.0. The molecule has 0 aromatic heterocycles. The average Bonchev–Trinajstić information content (AvgIpc) is 2.93. The SMILES string of the molecule is C[C@@H](O)[C@H]1C(=O)N2C(C(=O)[O-])=C(CN(c3cccc4ccccc34)S(C)(=O)=O)[C@H](C)[C@H]12.[Na+].